The molecule has 0 saturated carbocycles. The number of aromatic amines is 1. The normalized spacial score (nSPS) is 14.6. The summed E-state index contributed by atoms with van der Waals surface area (Å²) in [5.41, 5.74) is 4.79. The van der Waals surface area contributed by atoms with E-state index < -0.39 is 0 Å². The van der Waals surface area contributed by atoms with E-state index in [2.05, 4.69) is 36.4 Å². The molecule has 0 spiro atoms. The minimum Gasteiger partial charge on any atom is -0.356 e. The molecule has 0 bridgehead atoms. The second-order valence-electron chi connectivity index (χ2n) is 5.60. The number of thiazole rings is 1. The summed E-state index contributed by atoms with van der Waals surface area (Å²) in [6.45, 7) is 3.54. The van der Waals surface area contributed by atoms with Crippen LogP contribution >= 0.6 is 11.3 Å². The van der Waals surface area contributed by atoms with Crippen LogP contribution in [0.4, 0.5) is 5.13 Å². The molecule has 1 aliphatic rings. The maximum Gasteiger partial charge on any atom is 0.182 e. The molecule has 1 aliphatic heterocycles. The first-order valence-electron chi connectivity index (χ1n) is 7.69. The zero-order valence-electron chi connectivity index (χ0n) is 12.7. The van der Waals surface area contributed by atoms with E-state index in [0.29, 0.717) is 0 Å². The average Bonchev–Trinajstić information content (AvgIpc) is 3.23. The van der Waals surface area contributed by atoms with Crippen LogP contribution in [0.1, 0.15) is 22.6 Å². The monoisotopic (exact) mass is 326 g/mol. The lowest BCUT2D eigenvalue weighted by Crippen LogP contribution is -2.30. The molecule has 4 rings (SSSR count). The fourth-order valence-corrected chi connectivity index (χ4v) is 3.44. The second-order valence-corrected chi connectivity index (χ2v) is 6.49. The molecule has 0 unspecified atom stereocenters. The molecule has 4 heterocycles. The fourth-order valence-electron chi connectivity index (χ4n) is 2.91. The maximum absolute atomic E-state index is 4.49. The van der Waals surface area contributed by atoms with Gasteiger partial charge in [-0.1, -0.05) is 6.07 Å². The quantitative estimate of drug-likeness (QED) is 0.753. The summed E-state index contributed by atoms with van der Waals surface area (Å²) in [4.78, 5) is 11.1. The molecule has 2 N–H and O–H groups in total. The number of nitrogens with one attached hydrogen (secondary N) is 2. The molecule has 3 aromatic rings. The van der Waals surface area contributed by atoms with Gasteiger partial charge < -0.3 is 5.32 Å². The van der Waals surface area contributed by atoms with Crippen LogP contribution in [-0.2, 0) is 26.1 Å². The first-order chi connectivity index (χ1) is 11.4. The van der Waals surface area contributed by atoms with Crippen LogP contribution in [0.2, 0.25) is 0 Å². The lowest BCUT2D eigenvalue weighted by Gasteiger charge is -2.26. The van der Waals surface area contributed by atoms with Gasteiger partial charge in [0.15, 0.2) is 5.13 Å². The van der Waals surface area contributed by atoms with E-state index in [1.807, 2.05) is 29.9 Å². The molecule has 3 aromatic heterocycles. The molecule has 0 saturated heterocycles. The smallest absolute Gasteiger partial charge is 0.182 e. The Balaban J connectivity index is 1.40. The van der Waals surface area contributed by atoms with Crippen molar-refractivity contribution in [2.75, 3.05) is 11.9 Å². The first-order valence-corrected chi connectivity index (χ1v) is 8.57. The molecule has 0 radical (unpaired) electrons. The molecule has 0 amide bonds. The van der Waals surface area contributed by atoms with E-state index >= 15 is 0 Å². The summed E-state index contributed by atoms with van der Waals surface area (Å²) in [5, 5.41) is 13.9. The number of pyridine rings is 1. The SMILES string of the molecule is c1ccc(CN2CCc3c(CNc4nccs4)n[nH]c3C2)nc1. The van der Waals surface area contributed by atoms with Gasteiger partial charge in [0, 0.05) is 43.0 Å². The zero-order valence-corrected chi connectivity index (χ0v) is 13.5. The lowest BCUT2D eigenvalue weighted by molar-refractivity contribution is 0.239. The third-order valence-electron chi connectivity index (χ3n) is 4.05. The van der Waals surface area contributed by atoms with Gasteiger partial charge in [-0.05, 0) is 18.6 Å². The van der Waals surface area contributed by atoms with Crippen molar-refractivity contribution in [2.24, 2.45) is 0 Å². The van der Waals surface area contributed by atoms with Crippen molar-refractivity contribution in [1.82, 2.24) is 25.1 Å². The van der Waals surface area contributed by atoms with Crippen LogP contribution in [0.5, 0.6) is 0 Å². The molecule has 0 aromatic carbocycles. The molecular weight excluding hydrogens is 308 g/mol. The summed E-state index contributed by atoms with van der Waals surface area (Å²) in [5.74, 6) is 0. The summed E-state index contributed by atoms with van der Waals surface area (Å²) >= 11 is 1.61. The van der Waals surface area contributed by atoms with Gasteiger partial charge in [0.05, 0.1) is 23.6 Å². The summed E-state index contributed by atoms with van der Waals surface area (Å²) in [6, 6.07) is 6.07. The van der Waals surface area contributed by atoms with Gasteiger partial charge in [0.25, 0.3) is 0 Å². The number of hydrogen-bond donors (Lipinski definition) is 2. The van der Waals surface area contributed by atoms with Crippen LogP contribution in [-0.4, -0.2) is 31.6 Å². The number of rotatable bonds is 5. The highest BCUT2D eigenvalue weighted by Crippen LogP contribution is 2.22. The van der Waals surface area contributed by atoms with Gasteiger partial charge >= 0.3 is 0 Å². The average molecular weight is 326 g/mol. The Labute approximate surface area is 138 Å². The maximum atomic E-state index is 4.49. The molecule has 7 heteroatoms. The Morgan fingerprint density at radius 1 is 1.26 bits per heavy atom. The highest BCUT2D eigenvalue weighted by atomic mass is 32.1. The Hall–Kier alpha value is -2.25. The molecule has 0 atom stereocenters. The number of fused-ring (bicyclic) bond motifs is 1. The number of H-pyrrole nitrogens is 1. The van der Waals surface area contributed by atoms with Crippen LogP contribution in [0.25, 0.3) is 0 Å². The van der Waals surface area contributed by atoms with Gasteiger partial charge in [-0.2, -0.15) is 5.10 Å². The standard InChI is InChI=1S/C16H18N6S/c1-2-5-17-12(3-1)10-22-7-4-13-14(20-21-15(13)11-22)9-19-16-18-6-8-23-16/h1-3,5-6,8H,4,7,9-11H2,(H,18,19)(H,20,21). The highest BCUT2D eigenvalue weighted by Gasteiger charge is 2.21. The summed E-state index contributed by atoms with van der Waals surface area (Å²) in [6.07, 6.45) is 4.68. The van der Waals surface area contributed by atoms with Crippen molar-refractivity contribution in [3.05, 3.63) is 58.6 Å². The third-order valence-corrected chi connectivity index (χ3v) is 4.78. The molecular formula is C16H18N6S. The number of anilines is 1. The first kappa shape index (κ1) is 14.3. The van der Waals surface area contributed by atoms with Gasteiger partial charge in [-0.15, -0.1) is 11.3 Å². The summed E-state index contributed by atoms with van der Waals surface area (Å²) in [7, 11) is 0. The van der Waals surface area contributed by atoms with E-state index in [1.165, 1.54) is 11.3 Å². The largest absolute Gasteiger partial charge is 0.356 e. The van der Waals surface area contributed by atoms with E-state index in [1.54, 1.807) is 11.3 Å². The van der Waals surface area contributed by atoms with Crippen molar-refractivity contribution in [3.63, 3.8) is 0 Å². The van der Waals surface area contributed by atoms with E-state index in [4.69, 9.17) is 0 Å². The van der Waals surface area contributed by atoms with Crippen LogP contribution in [0.3, 0.4) is 0 Å². The van der Waals surface area contributed by atoms with Crippen molar-refractivity contribution in [2.45, 2.75) is 26.1 Å². The predicted octanol–water partition coefficient (Wildman–Crippen LogP) is 2.43. The van der Waals surface area contributed by atoms with Gasteiger partial charge in [0.1, 0.15) is 0 Å². The third kappa shape index (κ3) is 3.25. The topological polar surface area (TPSA) is 69.7 Å². The van der Waals surface area contributed by atoms with Crippen LogP contribution in [0, 0.1) is 0 Å². The van der Waals surface area contributed by atoms with E-state index in [0.717, 1.165) is 49.1 Å². The predicted molar refractivity (Wildman–Crippen MR) is 90.1 cm³/mol. The molecule has 0 aliphatic carbocycles. The van der Waals surface area contributed by atoms with Crippen molar-refractivity contribution in [3.8, 4) is 0 Å². The lowest BCUT2D eigenvalue weighted by atomic mass is 10.0. The number of aromatic nitrogens is 4. The van der Waals surface area contributed by atoms with Crippen molar-refractivity contribution < 1.29 is 0 Å². The van der Waals surface area contributed by atoms with Gasteiger partial charge in [-0.25, -0.2) is 4.98 Å². The van der Waals surface area contributed by atoms with Gasteiger partial charge in [0.2, 0.25) is 0 Å². The summed E-state index contributed by atoms with van der Waals surface area (Å²) < 4.78 is 0. The zero-order chi connectivity index (χ0) is 15.5. The molecule has 118 valence electrons. The Morgan fingerprint density at radius 2 is 2.26 bits per heavy atom. The Kier molecular flexibility index (Phi) is 4.04. The van der Waals surface area contributed by atoms with Crippen LogP contribution in [0.15, 0.2) is 36.0 Å². The highest BCUT2D eigenvalue weighted by molar-refractivity contribution is 7.13. The minimum atomic E-state index is 0.722. The molecule has 0 fully saturated rings. The Bertz CT molecular complexity index is 752. The number of hydrogen-bond acceptors (Lipinski definition) is 6. The van der Waals surface area contributed by atoms with Crippen molar-refractivity contribution >= 4 is 16.5 Å². The van der Waals surface area contributed by atoms with E-state index in [9.17, 15) is 0 Å². The van der Waals surface area contributed by atoms with Gasteiger partial charge in [-0.3, -0.25) is 15.0 Å². The van der Waals surface area contributed by atoms with Crippen molar-refractivity contribution in [1.29, 1.82) is 0 Å². The minimum absolute atomic E-state index is 0.722. The van der Waals surface area contributed by atoms with Crippen LogP contribution < -0.4 is 5.32 Å². The molecule has 6 nitrogen and oxygen atoms in total. The fraction of sp³-hybridized carbons (Fsp3) is 0.312. The number of nitrogens with zero attached hydrogens (tertiary/aromatic N) is 4. The Morgan fingerprint density at radius 3 is 3.09 bits per heavy atom. The van der Waals surface area contributed by atoms with E-state index in [-0.39, 0.29) is 0 Å². The second kappa shape index (κ2) is 6.47. The molecule has 23 heavy (non-hydrogen) atoms.